The number of hydrogen-bond donors (Lipinski definition) is 1. The standard InChI is InChI=1S/C20H19N5O2/c1-13-12-22-17-14(18(13)25-11-10-24(2)20(25)27)6-5-8-15(17)23-19(26)16-7-3-4-9-21-16/h3-9,12H,10-11H2,1-2H3,(H,23,26). The average molecular weight is 361 g/mol. The third kappa shape index (κ3) is 2.97. The molecule has 0 radical (unpaired) electrons. The van der Waals surface area contributed by atoms with E-state index >= 15 is 0 Å². The molecule has 0 aliphatic carbocycles. The maximum Gasteiger partial charge on any atom is 0.324 e. The zero-order chi connectivity index (χ0) is 19.0. The van der Waals surface area contributed by atoms with E-state index in [9.17, 15) is 9.59 Å². The number of carbonyl (C=O) groups excluding carboxylic acids is 2. The smallest absolute Gasteiger partial charge is 0.324 e. The zero-order valence-corrected chi connectivity index (χ0v) is 15.1. The number of aryl methyl sites for hydroxylation is 1. The van der Waals surface area contributed by atoms with Crippen LogP contribution in [0.25, 0.3) is 10.9 Å². The van der Waals surface area contributed by atoms with Crippen molar-refractivity contribution in [2.75, 3.05) is 30.4 Å². The van der Waals surface area contributed by atoms with Crippen LogP contribution in [-0.4, -0.2) is 46.9 Å². The van der Waals surface area contributed by atoms with E-state index in [-0.39, 0.29) is 11.9 Å². The van der Waals surface area contributed by atoms with Gasteiger partial charge < -0.3 is 10.2 Å². The number of anilines is 2. The van der Waals surface area contributed by atoms with E-state index < -0.39 is 0 Å². The average Bonchev–Trinajstić information content (AvgIpc) is 3.01. The number of urea groups is 1. The van der Waals surface area contributed by atoms with Crippen molar-refractivity contribution in [3.05, 3.63) is 60.0 Å². The minimum atomic E-state index is -0.302. The minimum absolute atomic E-state index is 0.0338. The van der Waals surface area contributed by atoms with Gasteiger partial charge in [-0.3, -0.25) is 19.7 Å². The molecule has 0 saturated carbocycles. The van der Waals surface area contributed by atoms with Gasteiger partial charge in [-0.05, 0) is 30.7 Å². The van der Waals surface area contributed by atoms with Crippen LogP contribution < -0.4 is 10.2 Å². The number of aromatic nitrogens is 2. The van der Waals surface area contributed by atoms with Gasteiger partial charge in [0, 0.05) is 37.9 Å². The first kappa shape index (κ1) is 17.0. The van der Waals surface area contributed by atoms with Crippen LogP contribution >= 0.6 is 0 Å². The predicted molar refractivity (Wildman–Crippen MR) is 104 cm³/mol. The highest BCUT2D eigenvalue weighted by Crippen LogP contribution is 2.34. The van der Waals surface area contributed by atoms with Crippen LogP contribution in [0.2, 0.25) is 0 Å². The van der Waals surface area contributed by atoms with E-state index in [1.165, 1.54) is 0 Å². The Kier molecular flexibility index (Phi) is 4.19. The molecule has 4 rings (SSSR count). The molecule has 1 aliphatic rings. The summed E-state index contributed by atoms with van der Waals surface area (Å²) in [6, 6.07) is 10.7. The molecule has 0 unspecified atom stereocenters. The van der Waals surface area contributed by atoms with Gasteiger partial charge in [0.15, 0.2) is 0 Å². The lowest BCUT2D eigenvalue weighted by Crippen LogP contribution is -2.30. The highest BCUT2D eigenvalue weighted by Gasteiger charge is 2.29. The summed E-state index contributed by atoms with van der Waals surface area (Å²) < 4.78 is 0. The Hall–Kier alpha value is -3.48. The molecule has 0 bridgehead atoms. The number of fused-ring (bicyclic) bond motifs is 1. The number of likely N-dealkylation sites (N-methyl/N-ethyl adjacent to an activating group) is 1. The largest absolute Gasteiger partial charge is 0.326 e. The van der Waals surface area contributed by atoms with Gasteiger partial charge in [0.1, 0.15) is 5.69 Å². The van der Waals surface area contributed by atoms with Gasteiger partial charge in [-0.25, -0.2) is 4.79 Å². The van der Waals surface area contributed by atoms with Crippen LogP contribution in [0.5, 0.6) is 0 Å². The third-order valence-corrected chi connectivity index (χ3v) is 4.68. The zero-order valence-electron chi connectivity index (χ0n) is 15.1. The lowest BCUT2D eigenvalue weighted by Gasteiger charge is -2.21. The Bertz CT molecular complexity index is 1040. The molecule has 1 N–H and O–H groups in total. The molecule has 2 aromatic heterocycles. The molecule has 1 fully saturated rings. The number of rotatable bonds is 3. The van der Waals surface area contributed by atoms with Gasteiger partial charge in [-0.1, -0.05) is 18.2 Å². The number of nitrogens with zero attached hydrogens (tertiary/aromatic N) is 4. The molecule has 3 amide bonds. The molecule has 1 aromatic carbocycles. The molecule has 27 heavy (non-hydrogen) atoms. The van der Waals surface area contributed by atoms with Gasteiger partial charge in [0.05, 0.1) is 16.9 Å². The topological polar surface area (TPSA) is 78.4 Å². The molecule has 7 heteroatoms. The fraction of sp³-hybridized carbons (Fsp3) is 0.200. The van der Waals surface area contributed by atoms with E-state index in [1.807, 2.05) is 19.1 Å². The second kappa shape index (κ2) is 6.68. The number of nitrogens with one attached hydrogen (secondary N) is 1. The van der Waals surface area contributed by atoms with Crippen molar-refractivity contribution in [1.82, 2.24) is 14.9 Å². The molecule has 0 spiro atoms. The number of amides is 3. The molecule has 3 aromatic rings. The third-order valence-electron chi connectivity index (χ3n) is 4.68. The Balaban J connectivity index is 1.77. The monoisotopic (exact) mass is 361 g/mol. The van der Waals surface area contributed by atoms with Gasteiger partial charge >= 0.3 is 6.03 Å². The number of pyridine rings is 2. The quantitative estimate of drug-likeness (QED) is 0.778. The first-order valence-electron chi connectivity index (χ1n) is 8.69. The molecular weight excluding hydrogens is 342 g/mol. The maximum absolute atomic E-state index is 12.5. The summed E-state index contributed by atoms with van der Waals surface area (Å²) in [5, 5.41) is 3.71. The molecule has 1 saturated heterocycles. The van der Waals surface area contributed by atoms with Crippen LogP contribution in [0.15, 0.2) is 48.8 Å². The highest BCUT2D eigenvalue weighted by molar-refractivity contribution is 6.11. The maximum atomic E-state index is 12.5. The summed E-state index contributed by atoms with van der Waals surface area (Å²) in [7, 11) is 1.79. The van der Waals surface area contributed by atoms with Crippen molar-refractivity contribution in [3.63, 3.8) is 0 Å². The fourth-order valence-electron chi connectivity index (χ4n) is 3.31. The highest BCUT2D eigenvalue weighted by atomic mass is 16.2. The van der Waals surface area contributed by atoms with E-state index in [2.05, 4.69) is 15.3 Å². The number of benzene rings is 1. The Labute approximate surface area is 156 Å². The van der Waals surface area contributed by atoms with E-state index in [4.69, 9.17) is 0 Å². The lowest BCUT2D eigenvalue weighted by molar-refractivity contribution is 0.102. The summed E-state index contributed by atoms with van der Waals surface area (Å²) >= 11 is 0. The van der Waals surface area contributed by atoms with Crippen LogP contribution in [0.3, 0.4) is 0 Å². The first-order chi connectivity index (χ1) is 13.1. The predicted octanol–water partition coefficient (Wildman–Crippen LogP) is 3.06. The van der Waals surface area contributed by atoms with Gasteiger partial charge in [0.2, 0.25) is 0 Å². The van der Waals surface area contributed by atoms with Crippen molar-refractivity contribution >= 4 is 34.2 Å². The summed E-state index contributed by atoms with van der Waals surface area (Å²) in [5.74, 6) is -0.302. The summed E-state index contributed by atoms with van der Waals surface area (Å²) in [5.41, 5.74) is 3.31. The number of carbonyl (C=O) groups is 2. The van der Waals surface area contributed by atoms with Gasteiger partial charge in [-0.15, -0.1) is 0 Å². The van der Waals surface area contributed by atoms with Gasteiger partial charge in [-0.2, -0.15) is 0 Å². The molecule has 0 atom stereocenters. The molecular formula is C20H19N5O2. The lowest BCUT2D eigenvalue weighted by atomic mass is 10.1. The van der Waals surface area contributed by atoms with Crippen molar-refractivity contribution in [1.29, 1.82) is 0 Å². The van der Waals surface area contributed by atoms with Crippen molar-refractivity contribution in [2.45, 2.75) is 6.92 Å². The fourth-order valence-corrected chi connectivity index (χ4v) is 3.31. The van der Waals surface area contributed by atoms with E-state index in [1.54, 1.807) is 53.5 Å². The normalized spacial score (nSPS) is 14.1. The second-order valence-corrected chi connectivity index (χ2v) is 6.52. The summed E-state index contributed by atoms with van der Waals surface area (Å²) in [4.78, 5) is 37.0. The van der Waals surface area contributed by atoms with Crippen molar-refractivity contribution in [2.24, 2.45) is 0 Å². The van der Waals surface area contributed by atoms with Crippen LogP contribution in [-0.2, 0) is 0 Å². The van der Waals surface area contributed by atoms with Crippen LogP contribution in [0, 0.1) is 6.92 Å². The second-order valence-electron chi connectivity index (χ2n) is 6.52. The van der Waals surface area contributed by atoms with E-state index in [0.717, 1.165) is 16.6 Å². The Morgan fingerprint density at radius 2 is 1.96 bits per heavy atom. The van der Waals surface area contributed by atoms with Crippen LogP contribution in [0.1, 0.15) is 16.1 Å². The summed E-state index contributed by atoms with van der Waals surface area (Å²) in [6.45, 7) is 3.24. The molecule has 7 nitrogen and oxygen atoms in total. The Morgan fingerprint density at radius 3 is 2.67 bits per heavy atom. The van der Waals surface area contributed by atoms with Gasteiger partial charge in [0.25, 0.3) is 5.91 Å². The minimum Gasteiger partial charge on any atom is -0.326 e. The Morgan fingerprint density at radius 1 is 1.11 bits per heavy atom. The van der Waals surface area contributed by atoms with E-state index in [0.29, 0.717) is 30.0 Å². The van der Waals surface area contributed by atoms with Crippen molar-refractivity contribution < 1.29 is 9.59 Å². The molecule has 136 valence electrons. The van der Waals surface area contributed by atoms with Crippen LogP contribution in [0.4, 0.5) is 16.2 Å². The SMILES string of the molecule is Cc1cnc2c(NC(=O)c3ccccn3)cccc2c1N1CCN(C)C1=O. The molecule has 1 aliphatic heterocycles. The first-order valence-corrected chi connectivity index (χ1v) is 8.69. The molecule has 3 heterocycles. The number of para-hydroxylation sites is 1. The summed E-state index contributed by atoms with van der Waals surface area (Å²) in [6.07, 6.45) is 3.31. The van der Waals surface area contributed by atoms with Crippen molar-refractivity contribution in [3.8, 4) is 0 Å². The number of hydrogen-bond acceptors (Lipinski definition) is 4.